The van der Waals surface area contributed by atoms with E-state index in [0.29, 0.717) is 22.5 Å². The molecule has 0 saturated carbocycles. The summed E-state index contributed by atoms with van der Waals surface area (Å²) >= 11 is 4.48. The number of carbonyl (C=O) groups excluding carboxylic acids is 1. The lowest BCUT2D eigenvalue weighted by atomic mass is 10.1. The largest absolute Gasteiger partial charge is 0.335 e. The number of benzene rings is 1. The van der Waals surface area contributed by atoms with Crippen molar-refractivity contribution in [2.45, 2.75) is 12.1 Å². The number of aryl methyl sites for hydroxylation is 1. The quantitative estimate of drug-likeness (QED) is 0.283. The first-order chi connectivity index (χ1) is 14.5. The zero-order valence-corrected chi connectivity index (χ0v) is 18.2. The Kier molecular flexibility index (Phi) is 5.81. The van der Waals surface area contributed by atoms with E-state index >= 15 is 0 Å². The van der Waals surface area contributed by atoms with Crippen molar-refractivity contribution in [3.8, 4) is 22.8 Å². The summed E-state index contributed by atoms with van der Waals surface area (Å²) in [5.41, 5.74) is 3.58. The average molecular weight is 485 g/mol. The topological polar surface area (TPSA) is 127 Å². The lowest BCUT2D eigenvalue weighted by molar-refractivity contribution is -0.113. The number of thioether (sulfide) groups is 1. The molecule has 0 fully saturated rings. The normalized spacial score (nSPS) is 10.9. The van der Waals surface area contributed by atoms with Gasteiger partial charge in [0.05, 0.1) is 11.4 Å². The fourth-order valence-corrected chi connectivity index (χ4v) is 3.52. The van der Waals surface area contributed by atoms with Gasteiger partial charge >= 0.3 is 0 Å². The predicted octanol–water partition coefficient (Wildman–Crippen LogP) is 3.25. The summed E-state index contributed by atoms with van der Waals surface area (Å²) in [6.45, 7) is 2.03. The molecule has 4 aromatic rings. The van der Waals surface area contributed by atoms with Gasteiger partial charge in [0, 0.05) is 16.2 Å². The van der Waals surface area contributed by atoms with E-state index in [1.807, 2.05) is 37.3 Å². The lowest BCUT2D eigenvalue weighted by Gasteiger charge is -2.04. The summed E-state index contributed by atoms with van der Waals surface area (Å²) in [6.07, 6.45) is 1.61. The Morgan fingerprint density at radius 1 is 1.23 bits per heavy atom. The highest BCUT2D eigenvalue weighted by Crippen LogP contribution is 2.25. The van der Waals surface area contributed by atoms with Gasteiger partial charge in [-0.25, -0.2) is 9.66 Å². The van der Waals surface area contributed by atoms with Crippen molar-refractivity contribution in [1.29, 1.82) is 0 Å². The van der Waals surface area contributed by atoms with Crippen molar-refractivity contribution in [2.24, 2.45) is 0 Å². The fourth-order valence-electron chi connectivity index (χ4n) is 2.63. The minimum absolute atomic E-state index is 0.116. The Balaban J connectivity index is 1.42. The molecule has 0 atom stereocenters. The second-order valence-corrected chi connectivity index (χ2v) is 8.27. The molecule has 3 heterocycles. The van der Waals surface area contributed by atoms with Gasteiger partial charge in [0.25, 0.3) is 0 Å². The van der Waals surface area contributed by atoms with E-state index in [2.05, 4.69) is 46.6 Å². The van der Waals surface area contributed by atoms with Crippen LogP contribution in [0, 0.1) is 6.92 Å². The number of amides is 1. The van der Waals surface area contributed by atoms with Crippen LogP contribution in [0.4, 0.5) is 5.82 Å². The first kappa shape index (κ1) is 20.1. The number of H-pyrrole nitrogens is 1. The van der Waals surface area contributed by atoms with Gasteiger partial charge in [0.1, 0.15) is 11.5 Å². The van der Waals surface area contributed by atoms with E-state index in [4.69, 9.17) is 5.84 Å². The third-order valence-electron chi connectivity index (χ3n) is 4.16. The maximum absolute atomic E-state index is 12.1. The second-order valence-electron chi connectivity index (χ2n) is 6.41. The smallest absolute Gasteiger partial charge is 0.236 e. The number of nitrogens with two attached hydrogens (primary N) is 1. The number of halogens is 1. The molecule has 4 rings (SSSR count). The predicted molar refractivity (Wildman–Crippen MR) is 119 cm³/mol. The van der Waals surface area contributed by atoms with E-state index in [-0.39, 0.29) is 11.7 Å². The Morgan fingerprint density at radius 3 is 2.77 bits per heavy atom. The van der Waals surface area contributed by atoms with Crippen molar-refractivity contribution in [1.82, 2.24) is 30.1 Å². The van der Waals surface area contributed by atoms with Crippen LogP contribution < -0.4 is 11.2 Å². The molecule has 1 amide bonds. The standard InChI is InChI=1S/C19H17BrN8OS/c1-11-2-4-12(5-3-11)14-8-15(25-24-14)18-26-27-19(28(18)21)30-10-17(29)23-16-7-6-13(20)9-22-16/h2-9H,10,21H2,1H3,(H,24,25)(H,22,23,29). The molecule has 0 unspecified atom stereocenters. The van der Waals surface area contributed by atoms with Crippen molar-refractivity contribution in [3.63, 3.8) is 0 Å². The Labute approximate surface area is 184 Å². The Hall–Kier alpha value is -3.18. The van der Waals surface area contributed by atoms with Crippen LogP contribution in [-0.4, -0.2) is 41.7 Å². The molecular formula is C19H17BrN8OS. The molecule has 0 spiro atoms. The van der Waals surface area contributed by atoms with E-state index in [0.717, 1.165) is 15.7 Å². The summed E-state index contributed by atoms with van der Waals surface area (Å²) in [7, 11) is 0. The van der Waals surface area contributed by atoms with Gasteiger partial charge in [0.15, 0.2) is 0 Å². The zero-order chi connectivity index (χ0) is 21.1. The molecule has 9 nitrogen and oxygen atoms in total. The average Bonchev–Trinajstić information content (AvgIpc) is 3.35. The van der Waals surface area contributed by atoms with Gasteiger partial charge in [-0.3, -0.25) is 9.89 Å². The van der Waals surface area contributed by atoms with Gasteiger partial charge in [-0.15, -0.1) is 10.2 Å². The molecule has 0 saturated heterocycles. The first-order valence-electron chi connectivity index (χ1n) is 8.87. The first-order valence-corrected chi connectivity index (χ1v) is 10.6. The molecule has 11 heteroatoms. The third kappa shape index (κ3) is 4.52. The molecule has 0 radical (unpaired) electrons. The second kappa shape index (κ2) is 8.67. The molecule has 0 aliphatic heterocycles. The van der Waals surface area contributed by atoms with E-state index < -0.39 is 0 Å². The number of hydrogen-bond donors (Lipinski definition) is 3. The van der Waals surface area contributed by atoms with E-state index in [1.165, 1.54) is 22.0 Å². The van der Waals surface area contributed by atoms with Crippen molar-refractivity contribution < 1.29 is 4.79 Å². The van der Waals surface area contributed by atoms with Crippen molar-refractivity contribution >= 4 is 39.4 Å². The Bertz CT molecular complexity index is 1170. The molecule has 1 aromatic carbocycles. The van der Waals surface area contributed by atoms with Crippen LogP contribution in [-0.2, 0) is 4.79 Å². The molecule has 4 N–H and O–H groups in total. The molecule has 30 heavy (non-hydrogen) atoms. The summed E-state index contributed by atoms with van der Waals surface area (Å²) in [6, 6.07) is 13.4. The van der Waals surface area contributed by atoms with Gasteiger partial charge in [-0.2, -0.15) is 5.10 Å². The van der Waals surface area contributed by atoms with Crippen LogP contribution in [0.2, 0.25) is 0 Å². The minimum atomic E-state index is -0.220. The lowest BCUT2D eigenvalue weighted by Crippen LogP contribution is -2.17. The van der Waals surface area contributed by atoms with Crippen LogP contribution in [0.3, 0.4) is 0 Å². The monoisotopic (exact) mass is 484 g/mol. The molecule has 0 aliphatic rings. The Morgan fingerprint density at radius 2 is 2.03 bits per heavy atom. The molecular weight excluding hydrogens is 468 g/mol. The van der Waals surface area contributed by atoms with Gasteiger partial charge in [-0.1, -0.05) is 41.6 Å². The third-order valence-corrected chi connectivity index (χ3v) is 5.57. The van der Waals surface area contributed by atoms with E-state index in [1.54, 1.807) is 18.3 Å². The number of carbonyl (C=O) groups is 1. The number of anilines is 1. The number of aromatic amines is 1. The maximum Gasteiger partial charge on any atom is 0.236 e. The van der Waals surface area contributed by atoms with Gasteiger partial charge in [0.2, 0.25) is 16.9 Å². The summed E-state index contributed by atoms with van der Waals surface area (Å²) in [4.78, 5) is 16.3. The molecule has 152 valence electrons. The number of nitrogens with one attached hydrogen (secondary N) is 2. The molecule has 3 aromatic heterocycles. The summed E-state index contributed by atoms with van der Waals surface area (Å²) < 4.78 is 2.17. The zero-order valence-electron chi connectivity index (χ0n) is 15.8. The molecule has 0 aliphatic carbocycles. The van der Waals surface area contributed by atoms with Crippen LogP contribution in [0.5, 0.6) is 0 Å². The van der Waals surface area contributed by atoms with E-state index in [9.17, 15) is 4.79 Å². The number of pyridine rings is 1. The number of hydrogen-bond acceptors (Lipinski definition) is 7. The van der Waals surface area contributed by atoms with Crippen molar-refractivity contribution in [3.05, 3.63) is 58.7 Å². The minimum Gasteiger partial charge on any atom is -0.335 e. The van der Waals surface area contributed by atoms with Gasteiger partial charge < -0.3 is 11.2 Å². The fraction of sp³-hybridized carbons (Fsp3) is 0.105. The highest BCUT2D eigenvalue weighted by Gasteiger charge is 2.16. The van der Waals surface area contributed by atoms with Gasteiger partial charge in [-0.05, 0) is 41.1 Å². The highest BCUT2D eigenvalue weighted by atomic mass is 79.9. The van der Waals surface area contributed by atoms with Crippen LogP contribution in [0.25, 0.3) is 22.8 Å². The molecule has 0 bridgehead atoms. The van der Waals surface area contributed by atoms with Crippen LogP contribution in [0.1, 0.15) is 5.56 Å². The highest BCUT2D eigenvalue weighted by molar-refractivity contribution is 9.10. The summed E-state index contributed by atoms with van der Waals surface area (Å²) in [5.74, 6) is 6.93. The van der Waals surface area contributed by atoms with Crippen LogP contribution in [0.15, 0.2) is 58.3 Å². The number of nitrogens with zero attached hydrogens (tertiary/aromatic N) is 5. The number of nitrogen functional groups attached to an aromatic ring is 1. The van der Waals surface area contributed by atoms with Crippen LogP contribution >= 0.6 is 27.7 Å². The maximum atomic E-state index is 12.1. The number of aromatic nitrogens is 6. The summed E-state index contributed by atoms with van der Waals surface area (Å²) in [5, 5.41) is 18.6. The SMILES string of the molecule is Cc1ccc(-c2cc(-c3nnc(SCC(=O)Nc4ccc(Br)cn4)n3N)[nH]n2)cc1. The van der Waals surface area contributed by atoms with Crippen molar-refractivity contribution in [2.75, 3.05) is 16.9 Å². The number of rotatable bonds is 6.